The van der Waals surface area contributed by atoms with Gasteiger partial charge in [0.15, 0.2) is 0 Å². The summed E-state index contributed by atoms with van der Waals surface area (Å²) < 4.78 is 0. The molecule has 1 aliphatic carbocycles. The molecule has 0 radical (unpaired) electrons. The molecule has 1 aliphatic rings. The number of nitrogens with one attached hydrogen (secondary N) is 1. The number of carbonyl (C=O) groups is 2. The number of hydrogen-bond donors (Lipinski definition) is 1. The molecule has 5 nitrogen and oxygen atoms in total. The molecular formula is C16H19N3O2. The van der Waals surface area contributed by atoms with Crippen molar-refractivity contribution in [1.82, 2.24) is 4.90 Å². The third-order valence-electron chi connectivity index (χ3n) is 3.76. The normalized spacial score (nSPS) is 14.5. The average Bonchev–Trinajstić information content (AvgIpc) is 2.98. The van der Waals surface area contributed by atoms with E-state index >= 15 is 0 Å². The van der Waals surface area contributed by atoms with Gasteiger partial charge in [-0.05, 0) is 31.0 Å². The zero-order chi connectivity index (χ0) is 15.2. The van der Waals surface area contributed by atoms with Gasteiger partial charge in [-0.15, -0.1) is 0 Å². The first-order chi connectivity index (χ1) is 10.1. The molecule has 0 heterocycles. The fourth-order valence-electron chi connectivity index (χ4n) is 2.74. The number of nitrogens with zero attached hydrogens (tertiary/aromatic N) is 2. The van der Waals surface area contributed by atoms with Gasteiger partial charge in [-0.25, -0.2) is 0 Å². The standard InChI is InChI=1S/C16H19N3O2/c1-12(20)19(15-7-2-3-8-15)11-16(21)18-14-6-4-5-13(9-14)10-17/h4-6,9,15H,2-3,7-8,11H2,1H3,(H,18,21). The van der Waals surface area contributed by atoms with E-state index in [2.05, 4.69) is 5.32 Å². The second-order valence-electron chi connectivity index (χ2n) is 5.33. The van der Waals surface area contributed by atoms with Gasteiger partial charge in [0.2, 0.25) is 11.8 Å². The second-order valence-corrected chi connectivity index (χ2v) is 5.33. The number of anilines is 1. The topological polar surface area (TPSA) is 73.2 Å². The lowest BCUT2D eigenvalue weighted by Crippen LogP contribution is -2.42. The summed E-state index contributed by atoms with van der Waals surface area (Å²) >= 11 is 0. The van der Waals surface area contributed by atoms with Crippen molar-refractivity contribution in [3.05, 3.63) is 29.8 Å². The first kappa shape index (κ1) is 15.0. The molecule has 0 atom stereocenters. The second kappa shape index (κ2) is 6.89. The Morgan fingerprint density at radius 1 is 1.38 bits per heavy atom. The summed E-state index contributed by atoms with van der Waals surface area (Å²) in [5.41, 5.74) is 1.07. The lowest BCUT2D eigenvalue weighted by molar-refractivity contribution is -0.135. The first-order valence-corrected chi connectivity index (χ1v) is 7.17. The molecule has 21 heavy (non-hydrogen) atoms. The van der Waals surface area contributed by atoms with E-state index in [0.717, 1.165) is 25.7 Å². The molecule has 1 aromatic carbocycles. The van der Waals surface area contributed by atoms with E-state index in [0.29, 0.717) is 11.3 Å². The lowest BCUT2D eigenvalue weighted by Gasteiger charge is -2.27. The Labute approximate surface area is 124 Å². The molecule has 5 heteroatoms. The highest BCUT2D eigenvalue weighted by atomic mass is 16.2. The molecule has 0 unspecified atom stereocenters. The van der Waals surface area contributed by atoms with Crippen LogP contribution in [0.3, 0.4) is 0 Å². The Morgan fingerprint density at radius 2 is 2.10 bits per heavy atom. The Balaban J connectivity index is 1.98. The van der Waals surface area contributed by atoms with Crippen LogP contribution in [0.2, 0.25) is 0 Å². The number of benzene rings is 1. The molecule has 1 saturated carbocycles. The molecule has 0 saturated heterocycles. The van der Waals surface area contributed by atoms with E-state index in [1.54, 1.807) is 29.2 Å². The lowest BCUT2D eigenvalue weighted by atomic mass is 10.2. The van der Waals surface area contributed by atoms with Gasteiger partial charge in [0.1, 0.15) is 6.54 Å². The van der Waals surface area contributed by atoms with Gasteiger partial charge in [-0.2, -0.15) is 5.26 Å². The summed E-state index contributed by atoms with van der Waals surface area (Å²) in [6.45, 7) is 1.57. The maximum absolute atomic E-state index is 12.1. The van der Waals surface area contributed by atoms with Gasteiger partial charge in [0, 0.05) is 18.7 Å². The molecule has 110 valence electrons. The van der Waals surface area contributed by atoms with Crippen molar-refractivity contribution in [3.63, 3.8) is 0 Å². The van der Waals surface area contributed by atoms with Crippen molar-refractivity contribution in [2.75, 3.05) is 11.9 Å². The monoisotopic (exact) mass is 285 g/mol. The van der Waals surface area contributed by atoms with Crippen LogP contribution in [0.4, 0.5) is 5.69 Å². The average molecular weight is 285 g/mol. The Kier molecular flexibility index (Phi) is 4.94. The van der Waals surface area contributed by atoms with Crippen LogP contribution in [-0.4, -0.2) is 29.3 Å². The molecule has 1 N–H and O–H groups in total. The van der Waals surface area contributed by atoms with Gasteiger partial charge in [0.25, 0.3) is 0 Å². The van der Waals surface area contributed by atoms with Gasteiger partial charge < -0.3 is 10.2 Å². The summed E-state index contributed by atoms with van der Waals surface area (Å²) in [6.07, 6.45) is 4.16. The van der Waals surface area contributed by atoms with E-state index in [9.17, 15) is 9.59 Å². The third-order valence-corrected chi connectivity index (χ3v) is 3.76. The largest absolute Gasteiger partial charge is 0.331 e. The SMILES string of the molecule is CC(=O)N(CC(=O)Nc1cccc(C#N)c1)C1CCCC1. The summed E-state index contributed by atoms with van der Waals surface area (Å²) in [7, 11) is 0. The van der Waals surface area contributed by atoms with Crippen LogP contribution in [0.1, 0.15) is 38.2 Å². The molecule has 0 spiro atoms. The summed E-state index contributed by atoms with van der Waals surface area (Å²) in [6, 6.07) is 8.95. The minimum absolute atomic E-state index is 0.0663. The van der Waals surface area contributed by atoms with Crippen LogP contribution in [0.5, 0.6) is 0 Å². The van der Waals surface area contributed by atoms with Crippen molar-refractivity contribution in [1.29, 1.82) is 5.26 Å². The number of nitriles is 1. The third kappa shape index (κ3) is 4.06. The summed E-state index contributed by atoms with van der Waals surface area (Å²) in [5, 5.41) is 11.6. The van der Waals surface area contributed by atoms with Crippen molar-refractivity contribution < 1.29 is 9.59 Å². The molecule has 1 fully saturated rings. The zero-order valence-electron chi connectivity index (χ0n) is 12.1. The van der Waals surface area contributed by atoms with E-state index in [4.69, 9.17) is 5.26 Å². The fraction of sp³-hybridized carbons (Fsp3) is 0.438. The van der Waals surface area contributed by atoms with Crippen LogP contribution in [-0.2, 0) is 9.59 Å². The van der Waals surface area contributed by atoms with Crippen LogP contribution in [0, 0.1) is 11.3 Å². The Bertz CT molecular complexity index is 571. The molecule has 0 aromatic heterocycles. The Hall–Kier alpha value is -2.35. The maximum atomic E-state index is 12.1. The Morgan fingerprint density at radius 3 is 2.71 bits per heavy atom. The molecule has 2 rings (SSSR count). The molecular weight excluding hydrogens is 266 g/mol. The highest BCUT2D eigenvalue weighted by molar-refractivity contribution is 5.94. The number of rotatable bonds is 4. The minimum atomic E-state index is -0.229. The molecule has 0 aliphatic heterocycles. The predicted octanol–water partition coefficient (Wildman–Crippen LogP) is 2.29. The molecule has 2 amide bonds. The molecule has 0 bridgehead atoms. The maximum Gasteiger partial charge on any atom is 0.244 e. The molecule has 1 aromatic rings. The summed E-state index contributed by atoms with van der Waals surface area (Å²) in [4.78, 5) is 25.5. The van der Waals surface area contributed by atoms with Gasteiger partial charge in [0.05, 0.1) is 11.6 Å². The van der Waals surface area contributed by atoms with E-state index in [1.807, 2.05) is 6.07 Å². The van der Waals surface area contributed by atoms with Crippen LogP contribution in [0.25, 0.3) is 0 Å². The fourth-order valence-corrected chi connectivity index (χ4v) is 2.74. The smallest absolute Gasteiger partial charge is 0.244 e. The number of amides is 2. The van der Waals surface area contributed by atoms with Crippen molar-refractivity contribution in [2.24, 2.45) is 0 Å². The number of hydrogen-bond acceptors (Lipinski definition) is 3. The van der Waals surface area contributed by atoms with Gasteiger partial charge in [-0.3, -0.25) is 9.59 Å². The first-order valence-electron chi connectivity index (χ1n) is 7.17. The van der Waals surface area contributed by atoms with Crippen molar-refractivity contribution >= 4 is 17.5 Å². The van der Waals surface area contributed by atoms with E-state index in [1.165, 1.54) is 6.92 Å². The highest BCUT2D eigenvalue weighted by Gasteiger charge is 2.26. The minimum Gasteiger partial charge on any atom is -0.331 e. The highest BCUT2D eigenvalue weighted by Crippen LogP contribution is 2.23. The van der Waals surface area contributed by atoms with Crippen LogP contribution < -0.4 is 5.32 Å². The predicted molar refractivity (Wildman–Crippen MR) is 79.4 cm³/mol. The van der Waals surface area contributed by atoms with Crippen molar-refractivity contribution in [2.45, 2.75) is 38.6 Å². The van der Waals surface area contributed by atoms with Crippen LogP contribution in [0.15, 0.2) is 24.3 Å². The zero-order valence-corrected chi connectivity index (χ0v) is 12.1. The van der Waals surface area contributed by atoms with Crippen LogP contribution >= 0.6 is 0 Å². The van der Waals surface area contributed by atoms with E-state index < -0.39 is 0 Å². The van der Waals surface area contributed by atoms with Gasteiger partial charge >= 0.3 is 0 Å². The number of carbonyl (C=O) groups excluding carboxylic acids is 2. The quantitative estimate of drug-likeness (QED) is 0.922. The van der Waals surface area contributed by atoms with Crippen molar-refractivity contribution in [3.8, 4) is 6.07 Å². The summed E-state index contributed by atoms with van der Waals surface area (Å²) in [5.74, 6) is -0.296. The van der Waals surface area contributed by atoms with E-state index in [-0.39, 0.29) is 24.4 Å². The van der Waals surface area contributed by atoms with Gasteiger partial charge in [-0.1, -0.05) is 18.9 Å².